The van der Waals surface area contributed by atoms with Crippen molar-refractivity contribution < 1.29 is 21.4 Å². The molecule has 0 aliphatic carbocycles. The number of unbranched alkanes of at least 4 members (excludes halogenated alkanes) is 15. The molecule has 8 heteroatoms. The first-order valence-electron chi connectivity index (χ1n) is 12.8. The van der Waals surface area contributed by atoms with Crippen molar-refractivity contribution in [1.29, 1.82) is 0 Å². The third-order valence-electron chi connectivity index (χ3n) is 7.09. The van der Waals surface area contributed by atoms with Gasteiger partial charge in [0.25, 0.3) is 10.1 Å². The van der Waals surface area contributed by atoms with Gasteiger partial charge in [-0.2, -0.15) is 8.42 Å². The maximum absolute atomic E-state index is 12.6. The van der Waals surface area contributed by atoms with Crippen LogP contribution in [0, 0.1) is 0 Å². The number of sulfonamides is 1. The van der Waals surface area contributed by atoms with Gasteiger partial charge >= 0.3 is 0 Å². The molecule has 0 aliphatic rings. The Labute approximate surface area is 199 Å². The molecule has 2 N–H and O–H groups in total. The van der Waals surface area contributed by atoms with Crippen LogP contribution in [0.3, 0.4) is 0 Å². The van der Waals surface area contributed by atoms with Crippen LogP contribution in [0.15, 0.2) is 0 Å². The lowest BCUT2D eigenvalue weighted by atomic mass is 9.98. The van der Waals surface area contributed by atoms with Gasteiger partial charge in [-0.1, -0.05) is 103 Å². The van der Waals surface area contributed by atoms with E-state index in [9.17, 15) is 21.4 Å². The fourth-order valence-electron chi connectivity index (χ4n) is 3.69. The first-order chi connectivity index (χ1) is 14.8. The van der Waals surface area contributed by atoms with E-state index in [-0.39, 0.29) is 6.54 Å². The van der Waals surface area contributed by atoms with Crippen LogP contribution in [0.5, 0.6) is 0 Å². The molecule has 0 spiro atoms. The molecule has 194 valence electrons. The minimum absolute atomic E-state index is 0.283. The summed E-state index contributed by atoms with van der Waals surface area (Å²) in [6, 6.07) is 0. The third kappa shape index (κ3) is 11.3. The molecule has 0 atom stereocenters. The molecule has 0 saturated carbocycles. The van der Waals surface area contributed by atoms with Crippen molar-refractivity contribution in [2.24, 2.45) is 0 Å². The van der Waals surface area contributed by atoms with Gasteiger partial charge in [-0.3, -0.25) is 4.55 Å². The van der Waals surface area contributed by atoms with E-state index in [2.05, 4.69) is 11.6 Å². The highest BCUT2D eigenvalue weighted by Gasteiger charge is 2.54. The summed E-state index contributed by atoms with van der Waals surface area (Å²) >= 11 is 0. The molecule has 0 saturated heterocycles. The second kappa shape index (κ2) is 15.7. The standard InChI is InChI=1S/C24H51NO5S2/c1-6-7-8-9-10-11-12-13-14-15-16-17-18-19-20-21-22-25-31(26,27)23(2,3)24(4,5)32(28,29)30/h25H,6-22H2,1-5H3,(H,28,29,30). The fourth-order valence-corrected chi connectivity index (χ4v) is 6.38. The van der Waals surface area contributed by atoms with Crippen molar-refractivity contribution >= 4 is 20.1 Å². The lowest BCUT2D eigenvalue weighted by molar-refractivity contribution is 0.394. The average molecular weight is 498 g/mol. The molecule has 0 fully saturated rings. The summed E-state index contributed by atoms with van der Waals surface area (Å²) in [7, 11) is -8.43. The van der Waals surface area contributed by atoms with Crippen LogP contribution in [-0.2, 0) is 20.1 Å². The summed E-state index contributed by atoms with van der Waals surface area (Å²) in [5.41, 5.74) is 0. The summed E-state index contributed by atoms with van der Waals surface area (Å²) in [5.74, 6) is 0. The molecule has 0 bridgehead atoms. The highest BCUT2D eigenvalue weighted by molar-refractivity contribution is 7.93. The highest BCUT2D eigenvalue weighted by atomic mass is 32.2. The van der Waals surface area contributed by atoms with Crippen molar-refractivity contribution in [2.45, 2.75) is 147 Å². The Bertz CT molecular complexity index is 685. The van der Waals surface area contributed by atoms with E-state index < -0.39 is 29.6 Å². The van der Waals surface area contributed by atoms with Crippen LogP contribution in [0.25, 0.3) is 0 Å². The van der Waals surface area contributed by atoms with Crippen molar-refractivity contribution in [3.63, 3.8) is 0 Å². The SMILES string of the molecule is CCCCCCCCCCCCCCCCCCNS(=O)(=O)C(C)(C)C(C)(C)S(=O)(=O)O. The van der Waals surface area contributed by atoms with Crippen LogP contribution >= 0.6 is 0 Å². The largest absolute Gasteiger partial charge is 0.285 e. The fraction of sp³-hybridized carbons (Fsp3) is 1.00. The summed E-state index contributed by atoms with van der Waals surface area (Å²) in [6.45, 7) is 7.66. The summed E-state index contributed by atoms with van der Waals surface area (Å²) in [6.07, 6.45) is 20.1. The van der Waals surface area contributed by atoms with E-state index in [4.69, 9.17) is 0 Å². The Morgan fingerprint density at radius 1 is 0.562 bits per heavy atom. The van der Waals surface area contributed by atoms with Crippen molar-refractivity contribution in [2.75, 3.05) is 6.54 Å². The zero-order valence-electron chi connectivity index (χ0n) is 21.4. The molecule has 0 aromatic carbocycles. The number of hydrogen-bond donors (Lipinski definition) is 2. The van der Waals surface area contributed by atoms with E-state index in [1.165, 1.54) is 111 Å². The molecular formula is C24H51NO5S2. The average Bonchev–Trinajstić information content (AvgIpc) is 2.69. The Morgan fingerprint density at radius 2 is 0.875 bits per heavy atom. The Kier molecular flexibility index (Phi) is 15.6. The summed E-state index contributed by atoms with van der Waals surface area (Å²) in [5, 5.41) is 0. The van der Waals surface area contributed by atoms with Crippen LogP contribution in [0.1, 0.15) is 137 Å². The molecule has 0 aromatic heterocycles. The summed E-state index contributed by atoms with van der Waals surface area (Å²) < 4.78 is 57.0. The maximum atomic E-state index is 12.6. The topological polar surface area (TPSA) is 101 Å². The van der Waals surface area contributed by atoms with Crippen LogP contribution < -0.4 is 4.72 Å². The minimum atomic E-state index is -4.52. The van der Waals surface area contributed by atoms with E-state index in [0.717, 1.165) is 19.3 Å². The molecule has 0 heterocycles. The third-order valence-corrected chi connectivity index (χ3v) is 11.5. The van der Waals surface area contributed by atoms with Crippen LogP contribution in [0.4, 0.5) is 0 Å². The van der Waals surface area contributed by atoms with Crippen molar-refractivity contribution in [3.05, 3.63) is 0 Å². The smallest absolute Gasteiger partial charge is 0.271 e. The Hall–Kier alpha value is -0.180. The molecule has 6 nitrogen and oxygen atoms in total. The van der Waals surface area contributed by atoms with E-state index >= 15 is 0 Å². The molecule has 32 heavy (non-hydrogen) atoms. The van der Waals surface area contributed by atoms with E-state index in [1.807, 2.05) is 0 Å². The van der Waals surface area contributed by atoms with E-state index in [0.29, 0.717) is 0 Å². The van der Waals surface area contributed by atoms with Crippen LogP contribution in [0.2, 0.25) is 0 Å². The van der Waals surface area contributed by atoms with Gasteiger partial charge in [0.15, 0.2) is 0 Å². The van der Waals surface area contributed by atoms with Crippen molar-refractivity contribution in [3.8, 4) is 0 Å². The molecule has 0 aromatic rings. The monoisotopic (exact) mass is 497 g/mol. The van der Waals surface area contributed by atoms with Gasteiger partial charge in [-0.25, -0.2) is 13.1 Å². The lowest BCUT2D eigenvalue weighted by Gasteiger charge is -2.37. The minimum Gasteiger partial charge on any atom is -0.285 e. The maximum Gasteiger partial charge on any atom is 0.271 e. The number of hydrogen-bond acceptors (Lipinski definition) is 4. The molecule has 0 rings (SSSR count). The van der Waals surface area contributed by atoms with Gasteiger partial charge in [0.1, 0.15) is 9.49 Å². The lowest BCUT2D eigenvalue weighted by Crippen LogP contribution is -2.59. The van der Waals surface area contributed by atoms with E-state index in [1.54, 1.807) is 0 Å². The Morgan fingerprint density at radius 3 is 1.19 bits per heavy atom. The molecule has 0 aliphatic heterocycles. The predicted octanol–water partition coefficient (Wildman–Crippen LogP) is 6.61. The molecule has 0 amide bonds. The van der Waals surface area contributed by atoms with Gasteiger partial charge in [-0.15, -0.1) is 0 Å². The summed E-state index contributed by atoms with van der Waals surface area (Å²) in [4.78, 5) is 0. The highest BCUT2D eigenvalue weighted by Crippen LogP contribution is 2.35. The first-order valence-corrected chi connectivity index (χ1v) is 15.7. The predicted molar refractivity (Wildman–Crippen MR) is 136 cm³/mol. The van der Waals surface area contributed by atoms with Gasteiger partial charge in [0.2, 0.25) is 10.0 Å². The van der Waals surface area contributed by atoms with Gasteiger partial charge in [0.05, 0.1) is 0 Å². The zero-order valence-corrected chi connectivity index (χ0v) is 23.1. The quantitative estimate of drug-likeness (QED) is 0.137. The second-order valence-corrected chi connectivity index (χ2v) is 14.5. The molecular weight excluding hydrogens is 446 g/mol. The zero-order chi connectivity index (χ0) is 24.7. The van der Waals surface area contributed by atoms with Gasteiger partial charge in [0, 0.05) is 6.54 Å². The van der Waals surface area contributed by atoms with Gasteiger partial charge < -0.3 is 0 Å². The van der Waals surface area contributed by atoms with Crippen molar-refractivity contribution in [1.82, 2.24) is 4.72 Å². The number of rotatable bonds is 21. The van der Waals surface area contributed by atoms with Gasteiger partial charge in [-0.05, 0) is 34.1 Å². The molecule has 0 radical (unpaired) electrons. The molecule has 0 unspecified atom stereocenters. The normalized spacial score (nSPS) is 13.6. The number of nitrogens with one attached hydrogen (secondary N) is 1. The second-order valence-electron chi connectivity index (χ2n) is 10.2. The Balaban J connectivity index is 3.78. The van der Waals surface area contributed by atoms with Crippen LogP contribution in [-0.4, -0.2) is 37.4 Å². The first kappa shape index (κ1) is 31.8.